The second-order valence-corrected chi connectivity index (χ2v) is 7.77. The molecule has 3 aromatic carbocycles. The monoisotopic (exact) mass is 411 g/mol. The van der Waals surface area contributed by atoms with Crippen LogP contribution in [-0.2, 0) is 17.8 Å². The first-order valence-corrected chi connectivity index (χ1v) is 10.4. The maximum atomic E-state index is 13.1. The molecule has 31 heavy (non-hydrogen) atoms. The van der Waals surface area contributed by atoms with E-state index in [4.69, 9.17) is 0 Å². The fourth-order valence-corrected chi connectivity index (χ4v) is 3.69. The van der Waals surface area contributed by atoms with Crippen molar-refractivity contribution in [3.8, 4) is 11.3 Å². The van der Waals surface area contributed by atoms with E-state index in [9.17, 15) is 9.59 Å². The molecule has 0 aliphatic heterocycles. The highest BCUT2D eigenvalue weighted by Gasteiger charge is 2.15. The van der Waals surface area contributed by atoms with Gasteiger partial charge in [0.15, 0.2) is 0 Å². The van der Waals surface area contributed by atoms with E-state index in [2.05, 4.69) is 23.4 Å². The molecule has 0 saturated heterocycles. The number of fused-ring (bicyclic) bond motifs is 1. The van der Waals surface area contributed by atoms with Gasteiger partial charge >= 0.3 is 0 Å². The van der Waals surface area contributed by atoms with Crippen LogP contribution in [0.5, 0.6) is 0 Å². The molecule has 0 aliphatic rings. The standard InChI is InChI=1S/C26H25N3O2/c1-4-19-11-13-20(14-12-19)27-24(30)16-29-26(31)22-8-6-5-7-21(22)25(28-29)23-15-17(2)9-10-18(23)3/h5-15H,4,16H2,1-3H3,(H,27,30). The highest BCUT2D eigenvalue weighted by atomic mass is 16.2. The lowest BCUT2D eigenvalue weighted by Crippen LogP contribution is -2.30. The molecule has 0 atom stereocenters. The van der Waals surface area contributed by atoms with Gasteiger partial charge in [-0.15, -0.1) is 0 Å². The Morgan fingerprint density at radius 2 is 1.68 bits per heavy atom. The summed E-state index contributed by atoms with van der Waals surface area (Å²) in [7, 11) is 0. The van der Waals surface area contributed by atoms with Crippen molar-refractivity contribution in [1.82, 2.24) is 9.78 Å². The third-order valence-corrected chi connectivity index (χ3v) is 5.46. The lowest BCUT2D eigenvalue weighted by molar-refractivity contribution is -0.117. The van der Waals surface area contributed by atoms with Crippen molar-refractivity contribution in [2.45, 2.75) is 33.7 Å². The molecule has 0 unspecified atom stereocenters. The first-order chi connectivity index (χ1) is 15.0. The van der Waals surface area contributed by atoms with E-state index in [1.165, 1.54) is 10.2 Å². The quantitative estimate of drug-likeness (QED) is 0.509. The van der Waals surface area contributed by atoms with Gasteiger partial charge in [0.1, 0.15) is 6.54 Å². The predicted octanol–water partition coefficient (Wildman–Crippen LogP) is 4.88. The molecule has 4 rings (SSSR count). The maximum absolute atomic E-state index is 13.1. The molecule has 5 nitrogen and oxygen atoms in total. The minimum atomic E-state index is -0.291. The lowest BCUT2D eigenvalue weighted by atomic mass is 9.99. The van der Waals surface area contributed by atoms with Crippen molar-refractivity contribution < 1.29 is 4.79 Å². The van der Waals surface area contributed by atoms with Crippen molar-refractivity contribution in [3.63, 3.8) is 0 Å². The van der Waals surface area contributed by atoms with Crippen LogP contribution in [0.15, 0.2) is 71.5 Å². The zero-order valence-electron chi connectivity index (χ0n) is 18.0. The van der Waals surface area contributed by atoms with Crippen molar-refractivity contribution in [3.05, 3.63) is 93.8 Å². The third kappa shape index (κ3) is 4.26. The normalized spacial score (nSPS) is 10.9. The predicted molar refractivity (Wildman–Crippen MR) is 125 cm³/mol. The Labute approximate surface area is 181 Å². The van der Waals surface area contributed by atoms with Gasteiger partial charge < -0.3 is 5.32 Å². The Bertz CT molecular complexity index is 1320. The van der Waals surface area contributed by atoms with Gasteiger partial charge in [-0.05, 0) is 55.7 Å². The van der Waals surface area contributed by atoms with Crippen LogP contribution in [0.2, 0.25) is 0 Å². The highest BCUT2D eigenvalue weighted by Crippen LogP contribution is 2.28. The summed E-state index contributed by atoms with van der Waals surface area (Å²) in [5.41, 5.74) is 5.46. The van der Waals surface area contributed by atoms with Crippen LogP contribution in [0.3, 0.4) is 0 Å². The maximum Gasteiger partial charge on any atom is 0.275 e. The zero-order chi connectivity index (χ0) is 22.0. The van der Waals surface area contributed by atoms with Crippen molar-refractivity contribution in [2.24, 2.45) is 0 Å². The average Bonchev–Trinajstić information content (AvgIpc) is 2.78. The SMILES string of the molecule is CCc1ccc(NC(=O)Cn2nc(-c3cc(C)ccc3C)c3ccccc3c2=O)cc1. The fraction of sp³-hybridized carbons (Fsp3) is 0.192. The van der Waals surface area contributed by atoms with Crippen LogP contribution < -0.4 is 10.9 Å². The summed E-state index contributed by atoms with van der Waals surface area (Å²) < 4.78 is 1.26. The topological polar surface area (TPSA) is 64.0 Å². The van der Waals surface area contributed by atoms with Gasteiger partial charge in [0.05, 0.1) is 11.1 Å². The number of carbonyl (C=O) groups is 1. The minimum absolute atomic E-state index is 0.156. The first kappa shape index (κ1) is 20.5. The number of hydrogen-bond acceptors (Lipinski definition) is 3. The molecule has 0 radical (unpaired) electrons. The minimum Gasteiger partial charge on any atom is -0.324 e. The molecule has 1 heterocycles. The summed E-state index contributed by atoms with van der Waals surface area (Å²) in [6.07, 6.45) is 0.936. The number of carbonyl (C=O) groups excluding carboxylic acids is 1. The van der Waals surface area contributed by atoms with E-state index in [0.29, 0.717) is 16.8 Å². The fourth-order valence-electron chi connectivity index (χ4n) is 3.69. The van der Waals surface area contributed by atoms with Crippen molar-refractivity contribution in [2.75, 3.05) is 5.32 Å². The van der Waals surface area contributed by atoms with Crippen LogP contribution >= 0.6 is 0 Å². The third-order valence-electron chi connectivity index (χ3n) is 5.46. The lowest BCUT2D eigenvalue weighted by Gasteiger charge is -2.13. The second kappa shape index (κ2) is 8.56. The Hall–Kier alpha value is -3.73. The van der Waals surface area contributed by atoms with Crippen LogP contribution in [0, 0.1) is 13.8 Å². The number of benzene rings is 3. The van der Waals surface area contributed by atoms with Crippen LogP contribution in [0.4, 0.5) is 5.69 Å². The molecular formula is C26H25N3O2. The van der Waals surface area contributed by atoms with Gasteiger partial charge in [0.2, 0.25) is 5.91 Å². The van der Waals surface area contributed by atoms with Crippen LogP contribution in [0.25, 0.3) is 22.0 Å². The molecule has 156 valence electrons. The Morgan fingerprint density at radius 1 is 0.968 bits per heavy atom. The largest absolute Gasteiger partial charge is 0.324 e. The molecule has 1 aromatic heterocycles. The van der Waals surface area contributed by atoms with Crippen molar-refractivity contribution >= 4 is 22.4 Å². The van der Waals surface area contributed by atoms with Gasteiger partial charge in [0, 0.05) is 16.6 Å². The number of nitrogens with zero attached hydrogens (tertiary/aromatic N) is 2. The number of anilines is 1. The number of rotatable bonds is 5. The summed E-state index contributed by atoms with van der Waals surface area (Å²) in [6, 6.07) is 21.3. The molecular weight excluding hydrogens is 386 g/mol. The van der Waals surface area contributed by atoms with Crippen LogP contribution in [0.1, 0.15) is 23.6 Å². The van der Waals surface area contributed by atoms with Gasteiger partial charge in [-0.25, -0.2) is 4.68 Å². The van der Waals surface area contributed by atoms with E-state index >= 15 is 0 Å². The summed E-state index contributed by atoms with van der Waals surface area (Å²) in [5, 5.41) is 8.82. The van der Waals surface area contributed by atoms with Crippen LogP contribution in [-0.4, -0.2) is 15.7 Å². The number of aryl methyl sites for hydroxylation is 3. The summed E-state index contributed by atoms with van der Waals surface area (Å²) in [6.45, 7) is 5.97. The molecule has 0 spiro atoms. The second-order valence-electron chi connectivity index (χ2n) is 7.77. The number of amides is 1. The van der Waals surface area contributed by atoms with Gasteiger partial charge in [-0.2, -0.15) is 5.10 Å². The Morgan fingerprint density at radius 3 is 2.39 bits per heavy atom. The summed E-state index contributed by atoms with van der Waals surface area (Å²) in [5.74, 6) is -0.291. The highest BCUT2D eigenvalue weighted by molar-refractivity contribution is 5.95. The van der Waals surface area contributed by atoms with E-state index in [0.717, 1.165) is 28.5 Å². The molecule has 1 N–H and O–H groups in total. The van der Waals surface area contributed by atoms with Gasteiger partial charge in [0.25, 0.3) is 5.56 Å². The molecule has 1 amide bonds. The molecule has 4 aromatic rings. The van der Waals surface area contributed by atoms with Gasteiger partial charge in [-0.1, -0.05) is 55.0 Å². The van der Waals surface area contributed by atoms with Crippen molar-refractivity contribution in [1.29, 1.82) is 0 Å². The average molecular weight is 412 g/mol. The molecule has 0 fully saturated rings. The summed E-state index contributed by atoms with van der Waals surface area (Å²) >= 11 is 0. The zero-order valence-corrected chi connectivity index (χ0v) is 18.0. The molecule has 0 aliphatic carbocycles. The smallest absolute Gasteiger partial charge is 0.275 e. The summed E-state index contributed by atoms with van der Waals surface area (Å²) in [4.78, 5) is 25.7. The van der Waals surface area contributed by atoms with E-state index in [-0.39, 0.29) is 18.0 Å². The molecule has 0 saturated carbocycles. The Balaban J connectivity index is 1.74. The van der Waals surface area contributed by atoms with Gasteiger partial charge in [-0.3, -0.25) is 9.59 Å². The van der Waals surface area contributed by atoms with E-state index in [1.807, 2.05) is 68.4 Å². The molecule has 5 heteroatoms. The Kier molecular flexibility index (Phi) is 5.67. The number of hydrogen-bond donors (Lipinski definition) is 1. The first-order valence-electron chi connectivity index (χ1n) is 10.4. The van der Waals surface area contributed by atoms with E-state index < -0.39 is 0 Å². The number of aromatic nitrogens is 2. The van der Waals surface area contributed by atoms with E-state index in [1.54, 1.807) is 6.07 Å². The molecule has 0 bridgehead atoms. The number of nitrogens with one attached hydrogen (secondary N) is 1.